The number of hydrogen-bond acceptors (Lipinski definition) is 18. The molecule has 412 valence electrons. The van der Waals surface area contributed by atoms with Gasteiger partial charge in [-0.05, 0) is 62.7 Å². The van der Waals surface area contributed by atoms with Crippen LogP contribution in [0, 0.1) is 31.1 Å². The first kappa shape index (κ1) is 54.6. The van der Waals surface area contributed by atoms with E-state index in [9.17, 15) is 20.0 Å². The predicted molar refractivity (Wildman–Crippen MR) is 297 cm³/mol. The number of likely N-dealkylation sites (tertiary alicyclic amines) is 2. The maximum Gasteiger partial charge on any atom is 0.318 e. The lowest BCUT2D eigenvalue weighted by atomic mass is 9.91. The van der Waals surface area contributed by atoms with Crippen molar-refractivity contribution in [2.75, 3.05) is 89.2 Å². The number of benzene rings is 3. The lowest BCUT2D eigenvalue weighted by Gasteiger charge is -2.37. The van der Waals surface area contributed by atoms with Gasteiger partial charge in [-0.1, -0.05) is 67.5 Å². The largest absolute Gasteiger partial charge is 0.491 e. The van der Waals surface area contributed by atoms with Gasteiger partial charge in [0.25, 0.3) is 0 Å². The Morgan fingerprint density at radius 1 is 0.974 bits per heavy atom. The second kappa shape index (κ2) is 24.9. The highest BCUT2D eigenvalue weighted by Gasteiger charge is 2.43. The van der Waals surface area contributed by atoms with E-state index in [1.165, 1.54) is 21.4 Å². The molecule has 4 aliphatic heterocycles. The summed E-state index contributed by atoms with van der Waals surface area (Å²) >= 11 is 1.54. The standard InChI is InChI=1S/C58H71N11O8S/c1-36(2)53(52-25-37(3)65-77-52)57(72)69-31-44(70)28-50(69)56(71)61-29-41-14-13-40(54-38(4)62-35-78-54)26-51(41)75-24-22-73-21-23-74-45-27-43(66(5)32-45)34-76-58-63-48-33-67(49-12-8-10-39-9-6-7-11-46(39)49)19-16-47(48)55(64-58)68-20-18-60-42(30-68)15-17-59/h6-14,25-26,35-36,42-45,50,53,60,70H,15-16,18-24,27-34H2,1-5H3,(H,61,71)/t42-,43-,44?,45+,50?,53+/m0/s1. The van der Waals surface area contributed by atoms with Crippen LogP contribution in [0.2, 0.25) is 0 Å². The molecule has 3 saturated heterocycles. The summed E-state index contributed by atoms with van der Waals surface area (Å²) in [6.07, 6.45) is 1.31. The molecule has 0 spiro atoms. The molecule has 6 atom stereocenters. The van der Waals surface area contributed by atoms with Crippen LogP contribution in [0.25, 0.3) is 21.2 Å². The van der Waals surface area contributed by atoms with E-state index in [0.29, 0.717) is 69.2 Å². The van der Waals surface area contributed by atoms with Crippen molar-refractivity contribution < 1.29 is 38.2 Å². The van der Waals surface area contributed by atoms with E-state index in [0.717, 1.165) is 77.8 Å². The number of ether oxygens (including phenoxy) is 4. The molecule has 19 nitrogen and oxygen atoms in total. The lowest BCUT2D eigenvalue weighted by Crippen LogP contribution is -2.51. The summed E-state index contributed by atoms with van der Waals surface area (Å²) in [5.74, 6) is 0.534. The number of nitrogens with one attached hydrogen (secondary N) is 2. The molecule has 20 heteroatoms. The molecule has 3 N–H and O–H groups in total. The number of piperazine rings is 1. The van der Waals surface area contributed by atoms with Crippen molar-refractivity contribution in [2.24, 2.45) is 5.92 Å². The van der Waals surface area contributed by atoms with E-state index in [1.54, 1.807) is 24.3 Å². The fraction of sp³-hybridized carbons (Fsp3) is 0.500. The van der Waals surface area contributed by atoms with E-state index in [-0.39, 0.29) is 62.0 Å². The van der Waals surface area contributed by atoms with Crippen molar-refractivity contribution in [3.63, 3.8) is 0 Å². The number of fused-ring (bicyclic) bond motifs is 2. The molecule has 0 bridgehead atoms. The smallest absolute Gasteiger partial charge is 0.318 e. The van der Waals surface area contributed by atoms with Crippen LogP contribution in [0.1, 0.15) is 73.0 Å². The number of nitrogens with zero attached hydrogens (tertiary/aromatic N) is 9. The number of amides is 2. The number of aryl methyl sites for hydroxylation is 2. The number of thiazole rings is 1. The summed E-state index contributed by atoms with van der Waals surface area (Å²) in [6, 6.07) is 24.6. The normalized spacial score (nSPS) is 21.0. The topological polar surface area (TPSA) is 217 Å². The SMILES string of the molecule is Cc1cc([C@H](C(=O)N2CC(O)CC2C(=O)NCc2ccc(-c3scnc3C)cc2OCCOCCO[C@@H]2C[C@@H](COc3nc4c(c(N5CCN[C@@H](CC#N)C5)n3)CCN(c3cccc5ccccc35)C4)N(C)C2)C(C)C)on1. The molecule has 6 aromatic rings. The van der Waals surface area contributed by atoms with Crippen molar-refractivity contribution in [1.82, 2.24) is 40.5 Å². The quantitative estimate of drug-likeness (QED) is 0.0685. The average molecular weight is 1080 g/mol. The second-order valence-corrected chi connectivity index (χ2v) is 22.1. The fourth-order valence-electron chi connectivity index (χ4n) is 11.4. The molecule has 3 fully saturated rings. The van der Waals surface area contributed by atoms with Crippen LogP contribution in [-0.4, -0.2) is 157 Å². The average Bonchev–Trinajstić information content (AvgIpc) is 4.32. The van der Waals surface area contributed by atoms with Crippen LogP contribution in [-0.2, 0) is 38.6 Å². The van der Waals surface area contributed by atoms with Gasteiger partial charge in [-0.15, -0.1) is 11.3 Å². The van der Waals surface area contributed by atoms with Crippen LogP contribution in [0.3, 0.4) is 0 Å². The lowest BCUT2D eigenvalue weighted by molar-refractivity contribution is -0.141. The number of anilines is 2. The number of carbonyl (C=O) groups is 2. The molecule has 3 aromatic carbocycles. The molecule has 2 unspecified atom stereocenters. The van der Waals surface area contributed by atoms with Gasteiger partial charge in [-0.2, -0.15) is 15.2 Å². The molecule has 0 aliphatic carbocycles. The first-order valence-electron chi connectivity index (χ1n) is 27.3. The maximum atomic E-state index is 14.0. The van der Waals surface area contributed by atoms with Gasteiger partial charge in [-0.3, -0.25) is 14.5 Å². The molecule has 3 aromatic heterocycles. The maximum absolute atomic E-state index is 14.0. The molecule has 2 amide bonds. The summed E-state index contributed by atoms with van der Waals surface area (Å²) in [4.78, 5) is 51.9. The van der Waals surface area contributed by atoms with Crippen molar-refractivity contribution >= 4 is 45.4 Å². The highest BCUT2D eigenvalue weighted by atomic mass is 32.1. The van der Waals surface area contributed by atoms with Gasteiger partial charge in [0.2, 0.25) is 11.8 Å². The van der Waals surface area contributed by atoms with E-state index in [4.69, 9.17) is 33.4 Å². The first-order chi connectivity index (χ1) is 37.9. The van der Waals surface area contributed by atoms with Crippen molar-refractivity contribution in [3.05, 3.63) is 106 Å². The third-order valence-corrected chi connectivity index (χ3v) is 16.4. The third-order valence-electron chi connectivity index (χ3n) is 15.4. The van der Waals surface area contributed by atoms with E-state index >= 15 is 0 Å². The van der Waals surface area contributed by atoms with Gasteiger partial charge in [0, 0.05) is 92.6 Å². The van der Waals surface area contributed by atoms with Crippen LogP contribution in [0.5, 0.6) is 11.8 Å². The summed E-state index contributed by atoms with van der Waals surface area (Å²) in [6.45, 7) is 14.1. The van der Waals surface area contributed by atoms with Gasteiger partial charge in [0.1, 0.15) is 42.5 Å². The Morgan fingerprint density at radius 2 is 1.82 bits per heavy atom. The molecule has 10 rings (SSSR count). The highest BCUT2D eigenvalue weighted by molar-refractivity contribution is 7.13. The minimum absolute atomic E-state index is 0.00163. The summed E-state index contributed by atoms with van der Waals surface area (Å²) in [5.41, 5.74) is 8.40. The van der Waals surface area contributed by atoms with E-state index in [2.05, 4.69) is 91.1 Å². The van der Waals surface area contributed by atoms with E-state index in [1.807, 2.05) is 44.5 Å². The van der Waals surface area contributed by atoms with Crippen LogP contribution >= 0.6 is 11.3 Å². The zero-order valence-electron chi connectivity index (χ0n) is 45.2. The third kappa shape index (κ3) is 12.6. The van der Waals surface area contributed by atoms with Gasteiger partial charge in [0.05, 0.1) is 78.5 Å². The Kier molecular flexibility index (Phi) is 17.5. The predicted octanol–water partition coefficient (Wildman–Crippen LogP) is 6.19. The zero-order valence-corrected chi connectivity index (χ0v) is 46.0. The number of nitriles is 1. The summed E-state index contributed by atoms with van der Waals surface area (Å²) < 4.78 is 30.7. The first-order valence-corrected chi connectivity index (χ1v) is 28.1. The number of aliphatic hydroxyl groups excluding tert-OH is 1. The number of aromatic nitrogens is 4. The number of aliphatic hydroxyl groups is 1. The zero-order chi connectivity index (χ0) is 54.3. The van der Waals surface area contributed by atoms with Crippen molar-refractivity contribution in [1.29, 1.82) is 5.26 Å². The molecule has 7 heterocycles. The second-order valence-electron chi connectivity index (χ2n) is 21.3. The van der Waals surface area contributed by atoms with Crippen LogP contribution in [0.4, 0.5) is 11.5 Å². The number of hydrogen-bond donors (Lipinski definition) is 3. The molecular formula is C58H71N11O8S. The van der Waals surface area contributed by atoms with Gasteiger partial charge >= 0.3 is 6.01 Å². The monoisotopic (exact) mass is 1080 g/mol. The minimum atomic E-state index is -0.854. The molecular weight excluding hydrogens is 1010 g/mol. The fourth-order valence-corrected chi connectivity index (χ4v) is 12.2. The Labute approximate surface area is 459 Å². The Balaban J connectivity index is 0.718. The van der Waals surface area contributed by atoms with Gasteiger partial charge in [-0.25, -0.2) is 4.98 Å². The number of β-amino-alcohol motifs (C(OH)–C–C–N with tert-alkyl or cyclic N) is 1. The molecule has 0 radical (unpaired) electrons. The van der Waals surface area contributed by atoms with Crippen LogP contribution in [0.15, 0.2) is 76.8 Å². The van der Waals surface area contributed by atoms with Gasteiger partial charge < -0.3 is 53.9 Å². The molecule has 4 aliphatic rings. The van der Waals surface area contributed by atoms with E-state index < -0.39 is 18.1 Å². The Bertz CT molecular complexity index is 3080. The van der Waals surface area contributed by atoms with Crippen LogP contribution < -0.4 is 29.9 Å². The number of rotatable bonds is 21. The Hall–Kier alpha value is -6.73. The molecule has 0 saturated carbocycles. The van der Waals surface area contributed by atoms with Gasteiger partial charge in [0.15, 0.2) is 0 Å². The Morgan fingerprint density at radius 3 is 2.63 bits per heavy atom. The number of carbonyl (C=O) groups excluding carboxylic acids is 2. The number of likely N-dealkylation sites (N-methyl/N-ethyl adjacent to an activating group) is 1. The van der Waals surface area contributed by atoms with Crippen molar-refractivity contribution in [2.45, 2.75) is 103 Å². The highest BCUT2D eigenvalue weighted by Crippen LogP contribution is 2.37. The summed E-state index contributed by atoms with van der Waals surface area (Å²) in [5, 5.41) is 33.1. The van der Waals surface area contributed by atoms with Crippen molar-refractivity contribution in [3.8, 4) is 28.3 Å². The molecule has 78 heavy (non-hydrogen) atoms. The summed E-state index contributed by atoms with van der Waals surface area (Å²) in [7, 11) is 2.09. The minimum Gasteiger partial charge on any atom is -0.491 e.